The Bertz CT molecular complexity index is 1110. The van der Waals surface area contributed by atoms with Gasteiger partial charge >= 0.3 is 6.03 Å². The standard InChI is InChI=1S/C22H23FN4O3S/c1-29-19-16-17(15(18(23)25-19)14-5-3-2-4-6-14)31-20(24-16)26-21(28)27-10-7-22(13-27)8-11-30-12-9-22/h2-6H,7-13H2,1H3,(H,24,26,28). The molecule has 0 radical (unpaired) electrons. The van der Waals surface area contributed by atoms with E-state index >= 15 is 0 Å². The Kier molecular flexibility index (Phi) is 5.23. The SMILES string of the molecule is COc1nc(F)c(-c2ccccc2)c2sc(NC(=O)N3CCC4(CCOCC4)C3)nc12. The van der Waals surface area contributed by atoms with E-state index in [-0.39, 0.29) is 17.3 Å². The lowest BCUT2D eigenvalue weighted by Gasteiger charge is -2.33. The quantitative estimate of drug-likeness (QED) is 0.603. The van der Waals surface area contributed by atoms with Crippen LogP contribution in [0.5, 0.6) is 5.88 Å². The largest absolute Gasteiger partial charge is 0.479 e. The number of ether oxygens (including phenoxy) is 2. The molecule has 5 rings (SSSR count). The summed E-state index contributed by atoms with van der Waals surface area (Å²) in [6.07, 6.45) is 2.96. The summed E-state index contributed by atoms with van der Waals surface area (Å²) in [6.45, 7) is 2.95. The van der Waals surface area contributed by atoms with Crippen LogP contribution < -0.4 is 10.1 Å². The van der Waals surface area contributed by atoms with Gasteiger partial charge in [-0.25, -0.2) is 9.78 Å². The Balaban J connectivity index is 1.44. The van der Waals surface area contributed by atoms with E-state index < -0.39 is 5.95 Å². The second kappa shape index (κ2) is 8.05. The number of rotatable bonds is 3. The number of nitrogens with zero attached hydrogens (tertiary/aromatic N) is 3. The van der Waals surface area contributed by atoms with Crippen molar-refractivity contribution in [2.75, 3.05) is 38.7 Å². The number of aromatic nitrogens is 2. The number of anilines is 1. The summed E-state index contributed by atoms with van der Waals surface area (Å²) in [4.78, 5) is 23.2. The average molecular weight is 443 g/mol. The first kappa shape index (κ1) is 20.1. The molecule has 2 aliphatic heterocycles. The number of thiazole rings is 1. The van der Waals surface area contributed by atoms with E-state index in [9.17, 15) is 9.18 Å². The highest BCUT2D eigenvalue weighted by atomic mass is 32.1. The summed E-state index contributed by atoms with van der Waals surface area (Å²) in [5.74, 6) is -0.524. The smallest absolute Gasteiger partial charge is 0.323 e. The van der Waals surface area contributed by atoms with E-state index in [0.717, 1.165) is 39.0 Å². The Morgan fingerprint density at radius 2 is 2.00 bits per heavy atom. The third-order valence-corrected chi connectivity index (χ3v) is 7.20. The van der Waals surface area contributed by atoms with Gasteiger partial charge in [0.15, 0.2) is 5.13 Å². The minimum atomic E-state index is -0.627. The average Bonchev–Trinajstić information content (AvgIpc) is 3.39. The van der Waals surface area contributed by atoms with Gasteiger partial charge in [0.2, 0.25) is 11.8 Å². The van der Waals surface area contributed by atoms with Gasteiger partial charge in [-0.3, -0.25) is 5.32 Å². The van der Waals surface area contributed by atoms with Gasteiger partial charge in [-0.1, -0.05) is 41.7 Å². The Morgan fingerprint density at radius 3 is 2.74 bits per heavy atom. The second-order valence-corrected chi connectivity index (χ2v) is 9.06. The summed E-state index contributed by atoms with van der Waals surface area (Å²) < 4.78 is 26.2. The van der Waals surface area contributed by atoms with Crippen molar-refractivity contribution in [3.05, 3.63) is 36.3 Å². The molecule has 31 heavy (non-hydrogen) atoms. The van der Waals surface area contributed by atoms with E-state index in [1.807, 2.05) is 35.2 Å². The molecule has 1 N–H and O–H groups in total. The number of urea groups is 1. The molecule has 1 aromatic carbocycles. The van der Waals surface area contributed by atoms with Gasteiger partial charge in [-0.15, -0.1) is 0 Å². The van der Waals surface area contributed by atoms with Crippen LogP contribution in [0.4, 0.5) is 14.3 Å². The molecule has 1 spiro atoms. The third kappa shape index (κ3) is 3.72. The maximum atomic E-state index is 14.9. The van der Waals surface area contributed by atoms with E-state index in [4.69, 9.17) is 9.47 Å². The first-order valence-electron chi connectivity index (χ1n) is 10.3. The van der Waals surface area contributed by atoms with E-state index in [2.05, 4.69) is 15.3 Å². The molecule has 0 aliphatic carbocycles. The van der Waals surface area contributed by atoms with Crippen LogP contribution in [0, 0.1) is 11.4 Å². The summed E-state index contributed by atoms with van der Waals surface area (Å²) >= 11 is 1.23. The minimum absolute atomic E-state index is 0.103. The van der Waals surface area contributed by atoms with Crippen molar-refractivity contribution in [1.29, 1.82) is 0 Å². The molecule has 2 aromatic heterocycles. The lowest BCUT2D eigenvalue weighted by atomic mass is 9.80. The summed E-state index contributed by atoms with van der Waals surface area (Å²) in [5, 5.41) is 3.30. The van der Waals surface area contributed by atoms with Gasteiger partial charge < -0.3 is 14.4 Å². The molecule has 0 unspecified atom stereocenters. The van der Waals surface area contributed by atoms with Crippen molar-refractivity contribution in [3.63, 3.8) is 0 Å². The van der Waals surface area contributed by atoms with Crippen LogP contribution in [0.1, 0.15) is 19.3 Å². The van der Waals surface area contributed by atoms with Crippen molar-refractivity contribution < 1.29 is 18.7 Å². The van der Waals surface area contributed by atoms with Crippen LogP contribution in [-0.2, 0) is 4.74 Å². The summed E-state index contributed by atoms with van der Waals surface area (Å²) in [7, 11) is 1.43. The highest BCUT2D eigenvalue weighted by Gasteiger charge is 2.41. The fraction of sp³-hybridized carbons (Fsp3) is 0.409. The van der Waals surface area contributed by atoms with Gasteiger partial charge in [0.1, 0.15) is 5.52 Å². The maximum absolute atomic E-state index is 14.9. The summed E-state index contributed by atoms with van der Waals surface area (Å²) in [6, 6.07) is 9.01. The lowest BCUT2D eigenvalue weighted by Crippen LogP contribution is -2.37. The molecule has 0 saturated carbocycles. The molecule has 2 aliphatic rings. The number of hydrogen-bond acceptors (Lipinski definition) is 6. The van der Waals surface area contributed by atoms with Crippen LogP contribution in [0.25, 0.3) is 21.3 Å². The number of nitrogens with one attached hydrogen (secondary N) is 1. The molecule has 2 fully saturated rings. The Hall–Kier alpha value is -2.78. The molecule has 7 nitrogen and oxygen atoms in total. The fourth-order valence-electron chi connectivity index (χ4n) is 4.47. The van der Waals surface area contributed by atoms with E-state index in [0.29, 0.717) is 33.0 Å². The van der Waals surface area contributed by atoms with Gasteiger partial charge in [-0.05, 0) is 30.2 Å². The van der Waals surface area contributed by atoms with Crippen molar-refractivity contribution in [2.45, 2.75) is 19.3 Å². The molecular weight excluding hydrogens is 419 g/mol. The predicted octanol–water partition coefficient (Wildman–Crippen LogP) is 4.54. The van der Waals surface area contributed by atoms with Crippen molar-refractivity contribution in [1.82, 2.24) is 14.9 Å². The normalized spacial score (nSPS) is 17.9. The zero-order chi connectivity index (χ0) is 21.4. The molecule has 4 heterocycles. The minimum Gasteiger partial charge on any atom is -0.479 e. The molecule has 2 amide bonds. The molecule has 2 saturated heterocycles. The van der Waals surface area contributed by atoms with Gasteiger partial charge in [0.25, 0.3) is 0 Å². The van der Waals surface area contributed by atoms with Crippen molar-refractivity contribution >= 4 is 32.7 Å². The van der Waals surface area contributed by atoms with Crippen LogP contribution >= 0.6 is 11.3 Å². The lowest BCUT2D eigenvalue weighted by molar-refractivity contribution is 0.0211. The van der Waals surface area contributed by atoms with Crippen molar-refractivity contribution in [3.8, 4) is 17.0 Å². The number of likely N-dealkylation sites (tertiary alicyclic amines) is 1. The first-order valence-corrected chi connectivity index (χ1v) is 11.1. The number of amides is 2. The topological polar surface area (TPSA) is 76.6 Å². The van der Waals surface area contributed by atoms with E-state index in [1.165, 1.54) is 18.4 Å². The molecular formula is C22H23FN4O3S. The predicted molar refractivity (Wildman–Crippen MR) is 117 cm³/mol. The number of carbonyl (C=O) groups excluding carboxylic acids is 1. The Morgan fingerprint density at radius 1 is 1.23 bits per heavy atom. The van der Waals surface area contributed by atoms with Gasteiger partial charge in [-0.2, -0.15) is 9.37 Å². The molecule has 0 bridgehead atoms. The molecule has 162 valence electrons. The van der Waals surface area contributed by atoms with Gasteiger partial charge in [0.05, 0.1) is 17.4 Å². The Labute approximate surface area is 183 Å². The highest BCUT2D eigenvalue weighted by Crippen LogP contribution is 2.41. The maximum Gasteiger partial charge on any atom is 0.323 e. The number of benzene rings is 1. The zero-order valence-electron chi connectivity index (χ0n) is 17.2. The number of carbonyl (C=O) groups is 1. The number of pyridine rings is 1. The highest BCUT2D eigenvalue weighted by molar-refractivity contribution is 7.23. The first-order chi connectivity index (χ1) is 15.1. The van der Waals surface area contributed by atoms with E-state index in [1.54, 1.807) is 0 Å². The monoisotopic (exact) mass is 442 g/mol. The summed E-state index contributed by atoms with van der Waals surface area (Å²) in [5.41, 5.74) is 1.66. The molecule has 3 aromatic rings. The second-order valence-electron chi connectivity index (χ2n) is 8.06. The zero-order valence-corrected chi connectivity index (χ0v) is 18.0. The van der Waals surface area contributed by atoms with Crippen LogP contribution in [0.2, 0.25) is 0 Å². The number of hydrogen-bond donors (Lipinski definition) is 1. The molecule has 9 heteroatoms. The molecule has 0 atom stereocenters. The number of fused-ring (bicyclic) bond motifs is 1. The van der Waals surface area contributed by atoms with Crippen LogP contribution in [0.3, 0.4) is 0 Å². The van der Waals surface area contributed by atoms with Crippen LogP contribution in [0.15, 0.2) is 30.3 Å². The number of halogens is 1. The van der Waals surface area contributed by atoms with Gasteiger partial charge in [0, 0.05) is 26.3 Å². The van der Waals surface area contributed by atoms with Crippen molar-refractivity contribution in [2.24, 2.45) is 5.41 Å². The third-order valence-electron chi connectivity index (χ3n) is 6.21. The number of methoxy groups -OCH3 is 1. The fourth-order valence-corrected chi connectivity index (χ4v) is 5.47. The van der Waals surface area contributed by atoms with Crippen LogP contribution in [-0.4, -0.2) is 54.3 Å².